The van der Waals surface area contributed by atoms with E-state index in [2.05, 4.69) is 9.97 Å². The van der Waals surface area contributed by atoms with Crippen molar-refractivity contribution < 1.29 is 9.84 Å². The van der Waals surface area contributed by atoms with Crippen molar-refractivity contribution >= 4 is 0 Å². The lowest BCUT2D eigenvalue weighted by atomic mass is 10.1. The third-order valence-electron chi connectivity index (χ3n) is 2.01. The summed E-state index contributed by atoms with van der Waals surface area (Å²) in [6.45, 7) is 4.58. The van der Waals surface area contributed by atoms with Crippen LogP contribution in [0.25, 0.3) is 0 Å². The van der Waals surface area contributed by atoms with Gasteiger partial charge in [0.1, 0.15) is 5.82 Å². The lowest BCUT2D eigenvalue weighted by Gasteiger charge is -2.12. The van der Waals surface area contributed by atoms with Gasteiger partial charge in [-0.25, -0.2) is 4.98 Å². The molecule has 0 saturated heterocycles. The van der Waals surface area contributed by atoms with Gasteiger partial charge >= 0.3 is 0 Å². The number of nitrogens with zero attached hydrogens (tertiary/aromatic N) is 2. The molecule has 3 N–H and O–H groups in total. The molecule has 15 heavy (non-hydrogen) atoms. The van der Waals surface area contributed by atoms with E-state index in [1.165, 1.54) is 0 Å². The summed E-state index contributed by atoms with van der Waals surface area (Å²) in [6.07, 6.45) is 0. The molecular formula is C10H17N3O2. The maximum absolute atomic E-state index is 9.09. The summed E-state index contributed by atoms with van der Waals surface area (Å²) in [6, 6.07) is 1.76. The Morgan fingerprint density at radius 1 is 1.53 bits per heavy atom. The van der Waals surface area contributed by atoms with Crippen LogP contribution in [0.5, 0.6) is 5.88 Å². The van der Waals surface area contributed by atoms with Crippen LogP contribution in [0.3, 0.4) is 0 Å². The Morgan fingerprint density at radius 2 is 2.27 bits per heavy atom. The van der Waals surface area contributed by atoms with Crippen LogP contribution in [-0.4, -0.2) is 34.8 Å². The Balaban J connectivity index is 2.96. The fourth-order valence-corrected chi connectivity index (χ4v) is 1.23. The molecule has 1 aromatic rings. The van der Waals surface area contributed by atoms with Crippen molar-refractivity contribution in [2.75, 3.05) is 19.8 Å². The average Bonchev–Trinajstić information content (AvgIpc) is 2.19. The summed E-state index contributed by atoms with van der Waals surface area (Å²) >= 11 is 0. The second-order valence-corrected chi connectivity index (χ2v) is 3.25. The molecule has 84 valence electrons. The summed E-state index contributed by atoms with van der Waals surface area (Å²) in [5.74, 6) is 0.861. The zero-order valence-corrected chi connectivity index (χ0v) is 9.10. The zero-order chi connectivity index (χ0) is 11.3. The van der Waals surface area contributed by atoms with Crippen molar-refractivity contribution in [1.29, 1.82) is 0 Å². The lowest BCUT2D eigenvalue weighted by molar-refractivity contribution is 0.260. The van der Waals surface area contributed by atoms with Crippen LogP contribution in [0.1, 0.15) is 24.4 Å². The van der Waals surface area contributed by atoms with Crippen LogP contribution in [0.15, 0.2) is 6.07 Å². The van der Waals surface area contributed by atoms with E-state index in [-0.39, 0.29) is 12.5 Å². The van der Waals surface area contributed by atoms with Gasteiger partial charge in [0, 0.05) is 18.3 Å². The molecule has 0 spiro atoms. The molecule has 1 aromatic heterocycles. The molecule has 0 amide bonds. The van der Waals surface area contributed by atoms with Gasteiger partial charge in [0.05, 0.1) is 19.1 Å². The smallest absolute Gasteiger partial charge is 0.216 e. The van der Waals surface area contributed by atoms with Gasteiger partial charge in [-0.05, 0) is 13.8 Å². The van der Waals surface area contributed by atoms with Crippen LogP contribution in [0.4, 0.5) is 0 Å². The number of hydrogen-bond donors (Lipinski definition) is 2. The third-order valence-corrected chi connectivity index (χ3v) is 2.01. The van der Waals surface area contributed by atoms with Gasteiger partial charge in [-0.3, -0.25) is 0 Å². The number of aliphatic hydroxyl groups is 1. The molecule has 0 aromatic carbocycles. The minimum absolute atomic E-state index is 0.0501. The van der Waals surface area contributed by atoms with E-state index >= 15 is 0 Å². The Bertz CT molecular complexity index is 314. The van der Waals surface area contributed by atoms with Crippen molar-refractivity contribution in [2.24, 2.45) is 5.73 Å². The first-order valence-corrected chi connectivity index (χ1v) is 5.00. The van der Waals surface area contributed by atoms with E-state index < -0.39 is 0 Å². The summed E-state index contributed by atoms with van der Waals surface area (Å²) in [4.78, 5) is 8.42. The van der Waals surface area contributed by atoms with Crippen molar-refractivity contribution in [1.82, 2.24) is 9.97 Å². The highest BCUT2D eigenvalue weighted by atomic mass is 16.5. The Labute approximate surface area is 89.3 Å². The molecule has 0 aliphatic rings. The van der Waals surface area contributed by atoms with Gasteiger partial charge in [-0.15, -0.1) is 0 Å². The molecule has 0 saturated carbocycles. The fourth-order valence-electron chi connectivity index (χ4n) is 1.23. The number of hydrogen-bond acceptors (Lipinski definition) is 5. The van der Waals surface area contributed by atoms with Gasteiger partial charge in [-0.2, -0.15) is 4.98 Å². The zero-order valence-electron chi connectivity index (χ0n) is 9.10. The highest BCUT2D eigenvalue weighted by molar-refractivity contribution is 5.17. The number of rotatable bonds is 5. The molecule has 0 radical (unpaired) electrons. The molecule has 0 aliphatic heterocycles. The van der Waals surface area contributed by atoms with Crippen molar-refractivity contribution in [2.45, 2.75) is 19.8 Å². The second kappa shape index (κ2) is 5.63. The summed E-state index contributed by atoms with van der Waals surface area (Å²) in [5, 5.41) is 9.09. The van der Waals surface area contributed by atoms with Gasteiger partial charge in [0.2, 0.25) is 5.88 Å². The predicted molar refractivity (Wildman–Crippen MR) is 56.8 cm³/mol. The van der Waals surface area contributed by atoms with E-state index in [1.807, 2.05) is 13.8 Å². The van der Waals surface area contributed by atoms with Crippen LogP contribution in [-0.2, 0) is 0 Å². The quantitative estimate of drug-likeness (QED) is 0.728. The first-order chi connectivity index (χ1) is 7.21. The summed E-state index contributed by atoms with van der Waals surface area (Å²) in [5.41, 5.74) is 6.32. The maximum Gasteiger partial charge on any atom is 0.216 e. The molecular weight excluding hydrogens is 194 g/mol. The van der Waals surface area contributed by atoms with Gasteiger partial charge < -0.3 is 15.6 Å². The van der Waals surface area contributed by atoms with Gasteiger partial charge in [0.25, 0.3) is 0 Å². The minimum atomic E-state index is -0.218. The molecule has 0 fully saturated rings. The van der Waals surface area contributed by atoms with Gasteiger partial charge in [-0.1, -0.05) is 0 Å². The fraction of sp³-hybridized carbons (Fsp3) is 0.600. The number of aliphatic hydroxyl groups excluding tert-OH is 1. The highest BCUT2D eigenvalue weighted by Gasteiger charge is 2.13. The van der Waals surface area contributed by atoms with Crippen LogP contribution < -0.4 is 10.5 Å². The Kier molecular flexibility index (Phi) is 4.45. The monoisotopic (exact) mass is 211 g/mol. The standard InChI is InChI=1S/C10H17N3O2/c1-3-15-9-4-7(2)12-10(13-9)8(5-11)6-14/h4,8,14H,3,5-6,11H2,1-2H3. The maximum atomic E-state index is 9.09. The molecule has 1 atom stereocenters. The molecule has 5 nitrogen and oxygen atoms in total. The Hall–Kier alpha value is -1.20. The highest BCUT2D eigenvalue weighted by Crippen LogP contribution is 2.15. The van der Waals surface area contributed by atoms with Crippen molar-refractivity contribution in [3.05, 3.63) is 17.6 Å². The summed E-state index contributed by atoms with van der Waals surface area (Å²) < 4.78 is 5.29. The minimum Gasteiger partial charge on any atom is -0.478 e. The number of aromatic nitrogens is 2. The van der Waals surface area contributed by atoms with E-state index in [0.717, 1.165) is 5.69 Å². The molecule has 1 heterocycles. The van der Waals surface area contributed by atoms with Crippen LogP contribution in [0, 0.1) is 6.92 Å². The van der Waals surface area contributed by atoms with E-state index in [1.54, 1.807) is 6.07 Å². The second-order valence-electron chi connectivity index (χ2n) is 3.25. The third kappa shape index (κ3) is 3.14. The van der Waals surface area contributed by atoms with E-state index in [0.29, 0.717) is 24.9 Å². The largest absolute Gasteiger partial charge is 0.478 e. The molecule has 0 aliphatic carbocycles. The first-order valence-electron chi connectivity index (χ1n) is 5.00. The van der Waals surface area contributed by atoms with Crippen molar-refractivity contribution in [3.8, 4) is 5.88 Å². The molecule has 0 bridgehead atoms. The molecule has 1 unspecified atom stereocenters. The number of nitrogens with two attached hydrogens (primary N) is 1. The topological polar surface area (TPSA) is 81.3 Å². The number of ether oxygens (including phenoxy) is 1. The van der Waals surface area contributed by atoms with Crippen LogP contribution in [0.2, 0.25) is 0 Å². The molecule has 1 rings (SSSR count). The molecule has 5 heteroatoms. The van der Waals surface area contributed by atoms with Gasteiger partial charge in [0.15, 0.2) is 0 Å². The average molecular weight is 211 g/mol. The van der Waals surface area contributed by atoms with E-state index in [9.17, 15) is 0 Å². The predicted octanol–water partition coefficient (Wildman–Crippen LogP) is 0.218. The lowest BCUT2D eigenvalue weighted by Crippen LogP contribution is -2.19. The van der Waals surface area contributed by atoms with E-state index in [4.69, 9.17) is 15.6 Å². The van der Waals surface area contributed by atoms with Crippen molar-refractivity contribution in [3.63, 3.8) is 0 Å². The number of aryl methyl sites for hydroxylation is 1. The first kappa shape index (κ1) is 11.9. The van der Waals surface area contributed by atoms with Crippen LogP contribution >= 0.6 is 0 Å². The SMILES string of the molecule is CCOc1cc(C)nc(C(CN)CO)n1. The summed E-state index contributed by atoms with van der Waals surface area (Å²) in [7, 11) is 0. The normalized spacial score (nSPS) is 12.5. The Morgan fingerprint density at radius 3 is 2.80 bits per heavy atom.